The van der Waals surface area contributed by atoms with Crippen LogP contribution in [0.3, 0.4) is 0 Å². The van der Waals surface area contributed by atoms with Crippen LogP contribution >= 0.6 is 38.9 Å². The molecule has 1 aromatic carbocycles. The number of nitrogens with one attached hydrogen (secondary N) is 1. The molecule has 1 heterocycles. The Kier molecular flexibility index (Phi) is 4.39. The molecule has 0 aliphatic rings. The molecule has 1 atom stereocenters. The highest BCUT2D eigenvalue weighted by Gasteiger charge is 2.15. The van der Waals surface area contributed by atoms with Crippen LogP contribution in [0.2, 0.25) is 4.34 Å². The topological polar surface area (TPSA) is 45.1 Å². The van der Waals surface area contributed by atoms with Crippen molar-refractivity contribution in [2.75, 3.05) is 11.9 Å². The Hall–Kier alpha value is -0.620. The Labute approximate surface area is 117 Å². The van der Waals surface area contributed by atoms with E-state index in [1.165, 1.54) is 11.3 Å². The molecule has 0 bridgehead atoms. The molecule has 0 aliphatic carbocycles. The van der Waals surface area contributed by atoms with E-state index in [1.54, 1.807) is 6.20 Å². The lowest BCUT2D eigenvalue weighted by atomic mass is 10.2. The van der Waals surface area contributed by atoms with Gasteiger partial charge in [-0.1, -0.05) is 23.7 Å². The largest absolute Gasteiger partial charge is 0.394 e. The van der Waals surface area contributed by atoms with Crippen LogP contribution < -0.4 is 5.32 Å². The summed E-state index contributed by atoms with van der Waals surface area (Å²) in [7, 11) is 0. The summed E-state index contributed by atoms with van der Waals surface area (Å²) in [6, 6.07) is 7.49. The van der Waals surface area contributed by atoms with Gasteiger partial charge in [-0.05, 0) is 28.1 Å². The summed E-state index contributed by atoms with van der Waals surface area (Å²) < 4.78 is 1.56. The Morgan fingerprint density at radius 1 is 1.47 bits per heavy atom. The predicted molar refractivity (Wildman–Crippen MR) is 74.7 cm³/mol. The number of anilines is 1. The number of aliphatic hydroxyl groups excluding tert-OH is 1. The lowest BCUT2D eigenvalue weighted by Crippen LogP contribution is -2.14. The van der Waals surface area contributed by atoms with Crippen LogP contribution in [0.1, 0.15) is 11.0 Å². The highest BCUT2D eigenvalue weighted by molar-refractivity contribution is 9.10. The Bertz CT molecular complexity index is 506. The van der Waals surface area contributed by atoms with Crippen LogP contribution in [0.25, 0.3) is 0 Å². The summed E-state index contributed by atoms with van der Waals surface area (Å²) in [5.41, 5.74) is 0.915. The van der Waals surface area contributed by atoms with Gasteiger partial charge < -0.3 is 10.4 Å². The second-order valence-corrected chi connectivity index (χ2v) is 5.91. The Morgan fingerprint density at radius 2 is 2.24 bits per heavy atom. The summed E-state index contributed by atoms with van der Waals surface area (Å²) >= 11 is 10.6. The first kappa shape index (κ1) is 12.8. The number of thiazole rings is 1. The SMILES string of the molecule is OCC(Nc1ccccc1Br)c1ncc(Cl)s1. The standard InChI is InChI=1S/C11H10BrClN2OS/c12-7-3-1-2-4-8(7)15-9(6-16)11-14-5-10(13)17-11/h1-5,9,15-16H,6H2. The second-order valence-electron chi connectivity index (χ2n) is 3.36. The minimum Gasteiger partial charge on any atom is -0.394 e. The van der Waals surface area contributed by atoms with Gasteiger partial charge in [0.1, 0.15) is 15.4 Å². The van der Waals surface area contributed by atoms with Gasteiger partial charge in [-0.2, -0.15) is 0 Å². The maximum absolute atomic E-state index is 9.39. The number of aliphatic hydroxyl groups is 1. The molecule has 0 amide bonds. The first-order chi connectivity index (χ1) is 8.20. The van der Waals surface area contributed by atoms with Crippen molar-refractivity contribution in [1.29, 1.82) is 0 Å². The fourth-order valence-electron chi connectivity index (χ4n) is 1.38. The van der Waals surface area contributed by atoms with Gasteiger partial charge in [0.25, 0.3) is 0 Å². The molecule has 17 heavy (non-hydrogen) atoms. The van der Waals surface area contributed by atoms with E-state index in [2.05, 4.69) is 26.2 Å². The first-order valence-corrected chi connectivity index (χ1v) is 6.92. The van der Waals surface area contributed by atoms with Gasteiger partial charge >= 0.3 is 0 Å². The smallest absolute Gasteiger partial charge is 0.119 e. The third-order valence-electron chi connectivity index (χ3n) is 2.18. The van der Waals surface area contributed by atoms with Gasteiger partial charge in [0.15, 0.2) is 0 Å². The molecule has 0 saturated heterocycles. The molecule has 2 N–H and O–H groups in total. The molecule has 0 saturated carbocycles. The number of hydrogen-bond donors (Lipinski definition) is 2. The lowest BCUT2D eigenvalue weighted by Gasteiger charge is -2.16. The molecule has 90 valence electrons. The van der Waals surface area contributed by atoms with E-state index in [-0.39, 0.29) is 12.6 Å². The highest BCUT2D eigenvalue weighted by atomic mass is 79.9. The quantitative estimate of drug-likeness (QED) is 0.896. The summed E-state index contributed by atoms with van der Waals surface area (Å²) in [4.78, 5) is 4.16. The zero-order valence-corrected chi connectivity index (χ0v) is 11.9. The minimum atomic E-state index is -0.244. The van der Waals surface area contributed by atoms with Crippen LogP contribution in [0.5, 0.6) is 0 Å². The van der Waals surface area contributed by atoms with Gasteiger partial charge in [-0.25, -0.2) is 4.98 Å². The van der Waals surface area contributed by atoms with Crippen molar-refractivity contribution in [1.82, 2.24) is 4.98 Å². The monoisotopic (exact) mass is 332 g/mol. The highest BCUT2D eigenvalue weighted by Crippen LogP contribution is 2.29. The normalized spacial score (nSPS) is 12.4. The summed E-state index contributed by atoms with van der Waals surface area (Å²) in [6.45, 7) is -0.0365. The third kappa shape index (κ3) is 3.19. The van der Waals surface area contributed by atoms with Gasteiger partial charge in [0.05, 0.1) is 12.8 Å². The maximum atomic E-state index is 9.39. The van der Waals surface area contributed by atoms with E-state index >= 15 is 0 Å². The number of para-hydroxylation sites is 1. The van der Waals surface area contributed by atoms with Gasteiger partial charge in [-0.15, -0.1) is 11.3 Å². The number of nitrogens with zero attached hydrogens (tertiary/aromatic N) is 1. The first-order valence-electron chi connectivity index (χ1n) is 4.94. The van der Waals surface area contributed by atoms with Crippen molar-refractivity contribution in [3.05, 3.63) is 44.3 Å². The van der Waals surface area contributed by atoms with E-state index in [9.17, 15) is 5.11 Å². The van der Waals surface area contributed by atoms with Crippen LogP contribution in [0.4, 0.5) is 5.69 Å². The molecule has 6 heteroatoms. The molecule has 0 fully saturated rings. The number of aromatic nitrogens is 1. The fraction of sp³-hybridized carbons (Fsp3) is 0.182. The molecular weight excluding hydrogens is 324 g/mol. The predicted octanol–water partition coefficient (Wildman–Crippen LogP) is 3.70. The second kappa shape index (κ2) is 5.82. The van der Waals surface area contributed by atoms with Gasteiger partial charge in [-0.3, -0.25) is 0 Å². The van der Waals surface area contributed by atoms with Crippen LogP contribution in [-0.4, -0.2) is 16.7 Å². The van der Waals surface area contributed by atoms with E-state index in [1.807, 2.05) is 24.3 Å². The maximum Gasteiger partial charge on any atom is 0.119 e. The fourth-order valence-corrected chi connectivity index (χ4v) is 2.75. The van der Waals surface area contributed by atoms with Crippen LogP contribution in [-0.2, 0) is 0 Å². The van der Waals surface area contributed by atoms with Gasteiger partial charge in [0.2, 0.25) is 0 Å². The average Bonchev–Trinajstić information content (AvgIpc) is 2.75. The van der Waals surface area contributed by atoms with Crippen molar-refractivity contribution in [3.63, 3.8) is 0 Å². The summed E-state index contributed by atoms with van der Waals surface area (Å²) in [5.74, 6) is 0. The van der Waals surface area contributed by atoms with Crippen molar-refractivity contribution in [3.8, 4) is 0 Å². The number of halogens is 2. The summed E-state index contributed by atoms with van der Waals surface area (Å²) in [6.07, 6.45) is 1.59. The van der Waals surface area contributed by atoms with E-state index < -0.39 is 0 Å². The average molecular weight is 334 g/mol. The number of hydrogen-bond acceptors (Lipinski definition) is 4. The van der Waals surface area contributed by atoms with Crippen molar-refractivity contribution in [2.24, 2.45) is 0 Å². The number of rotatable bonds is 4. The van der Waals surface area contributed by atoms with Crippen LogP contribution in [0.15, 0.2) is 34.9 Å². The zero-order valence-electron chi connectivity index (χ0n) is 8.73. The number of benzene rings is 1. The van der Waals surface area contributed by atoms with E-state index in [4.69, 9.17) is 11.6 Å². The molecule has 1 aromatic heterocycles. The zero-order chi connectivity index (χ0) is 12.3. The molecule has 1 unspecified atom stereocenters. The minimum absolute atomic E-state index is 0.0365. The summed E-state index contributed by atoms with van der Waals surface area (Å²) in [5, 5.41) is 13.4. The lowest BCUT2D eigenvalue weighted by molar-refractivity contribution is 0.276. The molecule has 2 aromatic rings. The van der Waals surface area contributed by atoms with Crippen molar-refractivity contribution < 1.29 is 5.11 Å². The van der Waals surface area contributed by atoms with Crippen molar-refractivity contribution in [2.45, 2.75) is 6.04 Å². The van der Waals surface area contributed by atoms with Crippen LogP contribution in [0, 0.1) is 0 Å². The Morgan fingerprint density at radius 3 is 2.82 bits per heavy atom. The van der Waals surface area contributed by atoms with Gasteiger partial charge in [0, 0.05) is 10.2 Å². The molecule has 0 spiro atoms. The van der Waals surface area contributed by atoms with E-state index in [0.29, 0.717) is 4.34 Å². The molecular formula is C11H10BrClN2OS. The molecule has 3 nitrogen and oxygen atoms in total. The molecule has 2 rings (SSSR count). The third-order valence-corrected chi connectivity index (χ3v) is 4.10. The molecule has 0 aliphatic heterocycles. The van der Waals surface area contributed by atoms with E-state index in [0.717, 1.165) is 15.2 Å². The Balaban J connectivity index is 2.18. The van der Waals surface area contributed by atoms with Crippen molar-refractivity contribution >= 4 is 44.6 Å². The molecule has 0 radical (unpaired) electrons.